The number of carbonyl (C=O) groups excluding carboxylic acids is 1. The van der Waals surface area contributed by atoms with E-state index in [0.717, 1.165) is 56.1 Å². The van der Waals surface area contributed by atoms with Crippen LogP contribution < -0.4 is 5.32 Å². The lowest BCUT2D eigenvalue weighted by atomic mass is 9.95. The molecule has 1 fully saturated rings. The minimum absolute atomic E-state index is 0.166. The number of anilines is 1. The molecule has 5 heteroatoms. The molecule has 154 valence electrons. The Morgan fingerprint density at radius 3 is 2.37 bits per heavy atom. The highest BCUT2D eigenvalue weighted by Crippen LogP contribution is 2.26. The summed E-state index contributed by atoms with van der Waals surface area (Å²) < 4.78 is 0. The van der Waals surface area contributed by atoms with Gasteiger partial charge in [-0.3, -0.25) is 4.79 Å². The van der Waals surface area contributed by atoms with Crippen LogP contribution >= 0.6 is 0 Å². The molecule has 1 amide bonds. The van der Waals surface area contributed by atoms with Crippen LogP contribution in [0.5, 0.6) is 0 Å². The number of para-hydroxylation sites is 1. The van der Waals surface area contributed by atoms with Gasteiger partial charge in [0.15, 0.2) is 0 Å². The van der Waals surface area contributed by atoms with E-state index in [-0.39, 0.29) is 5.91 Å². The summed E-state index contributed by atoms with van der Waals surface area (Å²) >= 11 is 0. The van der Waals surface area contributed by atoms with Crippen molar-refractivity contribution in [2.75, 3.05) is 25.0 Å². The zero-order valence-electron chi connectivity index (χ0n) is 17.4. The molecular formula is C25H28N4O. The van der Waals surface area contributed by atoms with E-state index >= 15 is 0 Å². The van der Waals surface area contributed by atoms with E-state index in [2.05, 4.69) is 50.5 Å². The second kappa shape index (κ2) is 9.63. The minimum Gasteiger partial charge on any atom is -0.322 e. The van der Waals surface area contributed by atoms with Gasteiger partial charge in [-0.25, -0.2) is 9.97 Å². The molecule has 0 spiro atoms. The molecule has 1 aliphatic rings. The molecule has 1 aliphatic heterocycles. The Labute approximate surface area is 178 Å². The van der Waals surface area contributed by atoms with Gasteiger partial charge in [-0.1, -0.05) is 48.5 Å². The summed E-state index contributed by atoms with van der Waals surface area (Å²) in [7, 11) is 0. The molecule has 5 nitrogen and oxygen atoms in total. The number of nitrogens with zero attached hydrogens (tertiary/aromatic N) is 3. The van der Waals surface area contributed by atoms with E-state index in [1.54, 1.807) is 6.20 Å². The standard InChI is InChI=1S/C25H28N4O/c1-19-23(25(30)28-22-10-6-3-7-11-22)18-26-24(27-19)21-13-16-29(17-14-21)15-12-20-8-4-2-5-9-20/h2-11,18,21H,12-17H2,1H3,(H,28,30). The van der Waals surface area contributed by atoms with Crippen LogP contribution in [0.2, 0.25) is 0 Å². The Hall–Kier alpha value is -3.05. The van der Waals surface area contributed by atoms with Crippen molar-refractivity contribution in [3.63, 3.8) is 0 Å². The first-order valence-electron chi connectivity index (χ1n) is 10.7. The number of benzene rings is 2. The van der Waals surface area contributed by atoms with Crippen molar-refractivity contribution in [3.8, 4) is 0 Å². The van der Waals surface area contributed by atoms with Gasteiger partial charge in [-0.05, 0) is 57.0 Å². The number of piperidine rings is 1. The Balaban J connectivity index is 1.32. The van der Waals surface area contributed by atoms with E-state index in [4.69, 9.17) is 0 Å². The van der Waals surface area contributed by atoms with Gasteiger partial charge in [0.05, 0.1) is 11.3 Å². The molecule has 2 aromatic carbocycles. The molecule has 4 rings (SSSR count). The van der Waals surface area contributed by atoms with Crippen molar-refractivity contribution < 1.29 is 4.79 Å². The smallest absolute Gasteiger partial charge is 0.259 e. The fraction of sp³-hybridized carbons (Fsp3) is 0.320. The van der Waals surface area contributed by atoms with Crippen LogP contribution in [0.1, 0.15) is 46.2 Å². The highest BCUT2D eigenvalue weighted by atomic mass is 16.1. The zero-order chi connectivity index (χ0) is 20.8. The summed E-state index contributed by atoms with van der Waals surface area (Å²) in [5.74, 6) is 1.07. The third-order valence-electron chi connectivity index (χ3n) is 5.79. The predicted octanol–water partition coefficient (Wildman–Crippen LogP) is 4.46. The van der Waals surface area contributed by atoms with Crippen LogP contribution in [0.15, 0.2) is 66.9 Å². The molecule has 3 aromatic rings. The van der Waals surface area contributed by atoms with E-state index in [9.17, 15) is 4.79 Å². The molecular weight excluding hydrogens is 372 g/mol. The number of nitrogens with one attached hydrogen (secondary N) is 1. The number of carbonyl (C=O) groups is 1. The number of rotatable bonds is 6. The number of aryl methyl sites for hydroxylation is 1. The van der Waals surface area contributed by atoms with Gasteiger partial charge in [0.25, 0.3) is 5.91 Å². The SMILES string of the molecule is Cc1nc(C2CCN(CCc3ccccc3)CC2)ncc1C(=O)Nc1ccccc1. The molecule has 1 saturated heterocycles. The second-order valence-corrected chi connectivity index (χ2v) is 7.90. The number of likely N-dealkylation sites (tertiary alicyclic amines) is 1. The van der Waals surface area contributed by atoms with E-state index in [1.807, 2.05) is 37.3 Å². The monoisotopic (exact) mass is 400 g/mol. The molecule has 1 aromatic heterocycles. The fourth-order valence-electron chi connectivity index (χ4n) is 3.97. The zero-order valence-corrected chi connectivity index (χ0v) is 17.4. The van der Waals surface area contributed by atoms with Crippen LogP contribution in [0.3, 0.4) is 0 Å². The van der Waals surface area contributed by atoms with Crippen LogP contribution in [-0.4, -0.2) is 40.4 Å². The van der Waals surface area contributed by atoms with E-state index in [1.165, 1.54) is 5.56 Å². The third-order valence-corrected chi connectivity index (χ3v) is 5.79. The highest BCUT2D eigenvalue weighted by molar-refractivity contribution is 6.04. The highest BCUT2D eigenvalue weighted by Gasteiger charge is 2.23. The van der Waals surface area contributed by atoms with Gasteiger partial charge in [-0.15, -0.1) is 0 Å². The van der Waals surface area contributed by atoms with Gasteiger partial charge in [-0.2, -0.15) is 0 Å². The first kappa shape index (κ1) is 20.2. The Bertz CT molecular complexity index is 967. The van der Waals surface area contributed by atoms with Gasteiger partial charge >= 0.3 is 0 Å². The average Bonchev–Trinajstić information content (AvgIpc) is 2.79. The van der Waals surface area contributed by atoms with Crippen LogP contribution in [0.25, 0.3) is 0 Å². The molecule has 0 radical (unpaired) electrons. The van der Waals surface area contributed by atoms with Crippen LogP contribution in [0.4, 0.5) is 5.69 Å². The summed E-state index contributed by atoms with van der Waals surface area (Å²) in [6, 6.07) is 20.1. The number of aromatic nitrogens is 2. The molecule has 0 atom stereocenters. The lowest BCUT2D eigenvalue weighted by Crippen LogP contribution is -2.35. The summed E-state index contributed by atoms with van der Waals surface area (Å²) in [5, 5.41) is 2.91. The average molecular weight is 401 g/mol. The number of hydrogen-bond acceptors (Lipinski definition) is 4. The fourth-order valence-corrected chi connectivity index (χ4v) is 3.97. The maximum Gasteiger partial charge on any atom is 0.259 e. The van der Waals surface area contributed by atoms with Crippen LogP contribution in [-0.2, 0) is 6.42 Å². The molecule has 1 N–H and O–H groups in total. The molecule has 0 saturated carbocycles. The molecule has 2 heterocycles. The van der Waals surface area contributed by atoms with Crippen molar-refractivity contribution in [3.05, 3.63) is 89.5 Å². The summed E-state index contributed by atoms with van der Waals surface area (Å²) in [5.41, 5.74) is 3.43. The lowest BCUT2D eigenvalue weighted by molar-refractivity contribution is 0.102. The number of amides is 1. The quantitative estimate of drug-likeness (QED) is 0.664. The minimum atomic E-state index is -0.166. The van der Waals surface area contributed by atoms with Crippen molar-refractivity contribution in [2.24, 2.45) is 0 Å². The van der Waals surface area contributed by atoms with E-state index in [0.29, 0.717) is 11.5 Å². The molecule has 0 unspecified atom stereocenters. The third kappa shape index (κ3) is 5.10. The summed E-state index contributed by atoms with van der Waals surface area (Å²) in [6.07, 6.45) is 4.89. The molecule has 0 bridgehead atoms. The largest absolute Gasteiger partial charge is 0.322 e. The number of hydrogen-bond donors (Lipinski definition) is 1. The summed E-state index contributed by atoms with van der Waals surface area (Å²) in [4.78, 5) is 24.3. The van der Waals surface area contributed by atoms with Crippen molar-refractivity contribution >= 4 is 11.6 Å². The first-order chi connectivity index (χ1) is 14.7. The Morgan fingerprint density at radius 2 is 1.70 bits per heavy atom. The van der Waals surface area contributed by atoms with Crippen molar-refractivity contribution in [1.82, 2.24) is 14.9 Å². The maximum atomic E-state index is 12.6. The van der Waals surface area contributed by atoms with E-state index < -0.39 is 0 Å². The van der Waals surface area contributed by atoms with Gasteiger partial charge < -0.3 is 10.2 Å². The topological polar surface area (TPSA) is 58.1 Å². The second-order valence-electron chi connectivity index (χ2n) is 7.90. The maximum absolute atomic E-state index is 12.6. The lowest BCUT2D eigenvalue weighted by Gasteiger charge is -2.31. The van der Waals surface area contributed by atoms with Gasteiger partial charge in [0.1, 0.15) is 5.82 Å². The Kier molecular flexibility index (Phi) is 6.50. The van der Waals surface area contributed by atoms with Gasteiger partial charge in [0.2, 0.25) is 0 Å². The predicted molar refractivity (Wildman–Crippen MR) is 120 cm³/mol. The normalized spacial score (nSPS) is 15.1. The Morgan fingerprint density at radius 1 is 1.03 bits per heavy atom. The first-order valence-corrected chi connectivity index (χ1v) is 10.7. The van der Waals surface area contributed by atoms with Crippen LogP contribution in [0, 0.1) is 6.92 Å². The molecule has 0 aliphatic carbocycles. The van der Waals surface area contributed by atoms with Crippen molar-refractivity contribution in [1.29, 1.82) is 0 Å². The summed E-state index contributed by atoms with van der Waals surface area (Å²) in [6.45, 7) is 5.11. The van der Waals surface area contributed by atoms with Gasteiger partial charge in [0, 0.05) is 24.3 Å². The molecule has 30 heavy (non-hydrogen) atoms. The van der Waals surface area contributed by atoms with Crippen molar-refractivity contribution in [2.45, 2.75) is 32.1 Å².